The molecule has 2 aliphatic rings. The predicted molar refractivity (Wildman–Crippen MR) is 82.9 cm³/mol. The third kappa shape index (κ3) is 3.07. The fourth-order valence-electron chi connectivity index (χ4n) is 3.71. The van der Waals surface area contributed by atoms with E-state index in [1.54, 1.807) is 0 Å². The Kier molecular flexibility index (Phi) is 4.13. The first kappa shape index (κ1) is 14.1. The highest BCUT2D eigenvalue weighted by molar-refractivity contribution is 5.36. The topological polar surface area (TPSA) is 32.3 Å². The van der Waals surface area contributed by atoms with Crippen LogP contribution in [0.1, 0.15) is 68.2 Å². The van der Waals surface area contributed by atoms with Gasteiger partial charge in [0.1, 0.15) is 0 Å². The normalized spacial score (nSPS) is 22.5. The Bertz CT molecular complexity index is 462. The van der Waals surface area contributed by atoms with Crippen LogP contribution < -0.4 is 5.32 Å². The van der Waals surface area contributed by atoms with Crippen LogP contribution in [-0.4, -0.2) is 17.3 Å². The summed E-state index contributed by atoms with van der Waals surface area (Å²) in [5.74, 6) is 0. The molecule has 110 valence electrons. The van der Waals surface area contributed by atoms with E-state index in [1.165, 1.54) is 55.2 Å². The Labute approximate surface area is 122 Å². The van der Waals surface area contributed by atoms with Crippen molar-refractivity contribution in [2.24, 2.45) is 0 Å². The highest BCUT2D eigenvalue weighted by Crippen LogP contribution is 2.29. The van der Waals surface area contributed by atoms with E-state index in [2.05, 4.69) is 30.4 Å². The molecule has 1 atom stereocenters. The van der Waals surface area contributed by atoms with Crippen LogP contribution in [0, 0.1) is 0 Å². The van der Waals surface area contributed by atoms with Crippen molar-refractivity contribution in [1.29, 1.82) is 0 Å². The zero-order valence-corrected chi connectivity index (χ0v) is 12.6. The van der Waals surface area contributed by atoms with Crippen LogP contribution in [0.25, 0.3) is 0 Å². The van der Waals surface area contributed by atoms with Crippen LogP contribution in [0.15, 0.2) is 18.2 Å². The van der Waals surface area contributed by atoms with Crippen molar-refractivity contribution in [3.8, 4) is 0 Å². The van der Waals surface area contributed by atoms with Gasteiger partial charge in [0.2, 0.25) is 0 Å². The Morgan fingerprint density at radius 1 is 1.10 bits per heavy atom. The van der Waals surface area contributed by atoms with Crippen LogP contribution in [-0.2, 0) is 12.8 Å². The molecule has 0 saturated heterocycles. The van der Waals surface area contributed by atoms with E-state index in [9.17, 15) is 5.11 Å². The lowest BCUT2D eigenvalue weighted by Crippen LogP contribution is -2.42. The summed E-state index contributed by atoms with van der Waals surface area (Å²) in [5, 5.41) is 14.1. The first-order chi connectivity index (χ1) is 9.66. The molecule has 2 aliphatic carbocycles. The van der Waals surface area contributed by atoms with Gasteiger partial charge in [-0.2, -0.15) is 0 Å². The SMILES string of the molecule is CC(NCC1(O)CCCCC1)c1ccc2c(c1)CCC2. The van der Waals surface area contributed by atoms with Gasteiger partial charge in [0.05, 0.1) is 5.60 Å². The molecule has 2 N–H and O–H groups in total. The van der Waals surface area contributed by atoms with E-state index >= 15 is 0 Å². The highest BCUT2D eigenvalue weighted by Gasteiger charge is 2.29. The minimum absolute atomic E-state index is 0.326. The van der Waals surface area contributed by atoms with Gasteiger partial charge in [-0.25, -0.2) is 0 Å². The van der Waals surface area contributed by atoms with Crippen molar-refractivity contribution in [3.05, 3.63) is 34.9 Å². The van der Waals surface area contributed by atoms with E-state index in [0.29, 0.717) is 6.04 Å². The van der Waals surface area contributed by atoms with Gasteiger partial charge in [-0.3, -0.25) is 0 Å². The van der Waals surface area contributed by atoms with Crippen molar-refractivity contribution < 1.29 is 5.11 Å². The molecule has 0 bridgehead atoms. The van der Waals surface area contributed by atoms with Crippen molar-refractivity contribution in [3.63, 3.8) is 0 Å². The quantitative estimate of drug-likeness (QED) is 0.879. The fraction of sp³-hybridized carbons (Fsp3) is 0.667. The van der Waals surface area contributed by atoms with Gasteiger partial charge >= 0.3 is 0 Å². The molecule has 1 fully saturated rings. The molecule has 1 aromatic carbocycles. The average molecular weight is 273 g/mol. The minimum Gasteiger partial charge on any atom is -0.389 e. The number of nitrogens with one attached hydrogen (secondary N) is 1. The number of hydrogen-bond donors (Lipinski definition) is 2. The summed E-state index contributed by atoms with van der Waals surface area (Å²) in [4.78, 5) is 0. The van der Waals surface area contributed by atoms with E-state index in [-0.39, 0.29) is 0 Å². The summed E-state index contributed by atoms with van der Waals surface area (Å²) < 4.78 is 0. The molecule has 1 aromatic rings. The third-order valence-electron chi connectivity index (χ3n) is 5.14. The average Bonchev–Trinajstić information content (AvgIpc) is 2.93. The van der Waals surface area contributed by atoms with Gasteiger partial charge in [-0.05, 0) is 55.7 Å². The molecule has 0 aliphatic heterocycles. The van der Waals surface area contributed by atoms with E-state index in [4.69, 9.17) is 0 Å². The van der Waals surface area contributed by atoms with Crippen LogP contribution in [0.3, 0.4) is 0 Å². The molecule has 1 unspecified atom stereocenters. The molecule has 2 heteroatoms. The van der Waals surface area contributed by atoms with E-state index in [1.807, 2.05) is 0 Å². The summed E-state index contributed by atoms with van der Waals surface area (Å²) in [5.41, 5.74) is 3.97. The maximum atomic E-state index is 10.6. The van der Waals surface area contributed by atoms with Gasteiger partial charge in [0, 0.05) is 12.6 Å². The third-order valence-corrected chi connectivity index (χ3v) is 5.14. The zero-order valence-electron chi connectivity index (χ0n) is 12.6. The van der Waals surface area contributed by atoms with Crippen LogP contribution in [0.5, 0.6) is 0 Å². The lowest BCUT2D eigenvalue weighted by molar-refractivity contribution is 0.00300. The first-order valence-electron chi connectivity index (χ1n) is 8.24. The fourth-order valence-corrected chi connectivity index (χ4v) is 3.71. The van der Waals surface area contributed by atoms with E-state index < -0.39 is 5.60 Å². The van der Waals surface area contributed by atoms with E-state index in [0.717, 1.165) is 19.4 Å². The lowest BCUT2D eigenvalue weighted by atomic mass is 9.84. The largest absolute Gasteiger partial charge is 0.389 e. The second-order valence-electron chi connectivity index (χ2n) is 6.77. The molecule has 3 rings (SSSR count). The number of aliphatic hydroxyl groups is 1. The van der Waals surface area contributed by atoms with Gasteiger partial charge in [-0.1, -0.05) is 37.5 Å². The molecule has 2 nitrogen and oxygen atoms in total. The summed E-state index contributed by atoms with van der Waals surface area (Å²) >= 11 is 0. The Morgan fingerprint density at radius 3 is 2.65 bits per heavy atom. The minimum atomic E-state index is -0.469. The van der Waals surface area contributed by atoms with Gasteiger partial charge in [-0.15, -0.1) is 0 Å². The Balaban J connectivity index is 1.60. The summed E-state index contributed by atoms with van der Waals surface area (Å²) in [6, 6.07) is 7.25. The maximum absolute atomic E-state index is 10.6. The number of hydrogen-bond acceptors (Lipinski definition) is 2. The maximum Gasteiger partial charge on any atom is 0.0771 e. The molecule has 0 amide bonds. The van der Waals surface area contributed by atoms with Crippen molar-refractivity contribution in [2.45, 2.75) is 69.9 Å². The number of benzene rings is 1. The number of fused-ring (bicyclic) bond motifs is 1. The van der Waals surface area contributed by atoms with Crippen LogP contribution in [0.4, 0.5) is 0 Å². The predicted octanol–water partition coefficient (Wildman–Crippen LogP) is 3.52. The zero-order chi connectivity index (χ0) is 14.0. The van der Waals surface area contributed by atoms with Crippen molar-refractivity contribution in [1.82, 2.24) is 5.32 Å². The van der Waals surface area contributed by atoms with Crippen molar-refractivity contribution in [2.75, 3.05) is 6.54 Å². The van der Waals surface area contributed by atoms with Crippen LogP contribution in [0.2, 0.25) is 0 Å². The summed E-state index contributed by atoms with van der Waals surface area (Å²) in [7, 11) is 0. The molecule has 20 heavy (non-hydrogen) atoms. The van der Waals surface area contributed by atoms with Gasteiger partial charge in [0.25, 0.3) is 0 Å². The monoisotopic (exact) mass is 273 g/mol. The molecule has 0 aromatic heterocycles. The molecule has 0 spiro atoms. The smallest absolute Gasteiger partial charge is 0.0771 e. The molecular formula is C18H27NO. The molecular weight excluding hydrogens is 246 g/mol. The van der Waals surface area contributed by atoms with Gasteiger partial charge in [0.15, 0.2) is 0 Å². The molecule has 0 radical (unpaired) electrons. The number of rotatable bonds is 4. The Hall–Kier alpha value is -0.860. The molecule has 0 heterocycles. The van der Waals surface area contributed by atoms with Crippen LogP contribution >= 0.6 is 0 Å². The first-order valence-corrected chi connectivity index (χ1v) is 8.24. The standard InChI is InChI=1S/C18H27NO/c1-14(19-13-18(20)10-3-2-4-11-18)16-9-8-15-6-5-7-17(15)12-16/h8-9,12,14,19-20H,2-7,10-11,13H2,1H3. The second kappa shape index (κ2) is 5.87. The lowest BCUT2D eigenvalue weighted by Gasteiger charge is -2.33. The second-order valence-corrected chi connectivity index (χ2v) is 6.77. The number of aryl methyl sites for hydroxylation is 2. The summed E-state index contributed by atoms with van der Waals surface area (Å²) in [6.45, 7) is 2.94. The Morgan fingerprint density at radius 2 is 1.85 bits per heavy atom. The van der Waals surface area contributed by atoms with Gasteiger partial charge < -0.3 is 10.4 Å². The van der Waals surface area contributed by atoms with Crippen molar-refractivity contribution >= 4 is 0 Å². The summed E-state index contributed by atoms with van der Waals surface area (Å²) in [6.07, 6.45) is 9.32. The molecule has 1 saturated carbocycles. The highest BCUT2D eigenvalue weighted by atomic mass is 16.3.